The molecule has 0 atom stereocenters. The SMILES string of the molecule is FC(F)(F)c1cc2[nH]ncc2cc1Br. The first-order chi connectivity index (χ1) is 6.48. The minimum absolute atomic E-state index is 0.0268. The summed E-state index contributed by atoms with van der Waals surface area (Å²) in [7, 11) is 0. The number of rotatable bonds is 0. The molecule has 2 nitrogen and oxygen atoms in total. The highest BCUT2D eigenvalue weighted by Gasteiger charge is 2.33. The van der Waals surface area contributed by atoms with Gasteiger partial charge in [0, 0.05) is 9.86 Å². The second-order valence-corrected chi connectivity index (χ2v) is 3.64. The van der Waals surface area contributed by atoms with E-state index < -0.39 is 11.7 Å². The zero-order valence-electron chi connectivity index (χ0n) is 6.69. The molecule has 1 heterocycles. The van der Waals surface area contributed by atoms with Crippen molar-refractivity contribution in [2.24, 2.45) is 0 Å². The number of nitrogens with zero attached hydrogens (tertiary/aromatic N) is 1. The molecule has 0 aliphatic rings. The normalized spacial score (nSPS) is 12.3. The van der Waals surface area contributed by atoms with E-state index >= 15 is 0 Å². The molecule has 1 aromatic heterocycles. The Bertz CT molecular complexity index is 475. The van der Waals surface area contributed by atoms with Crippen LogP contribution in [0, 0.1) is 0 Å². The van der Waals surface area contributed by atoms with Crippen molar-refractivity contribution in [1.29, 1.82) is 0 Å². The lowest BCUT2D eigenvalue weighted by molar-refractivity contribution is -0.138. The summed E-state index contributed by atoms with van der Waals surface area (Å²) in [6.45, 7) is 0. The number of aromatic amines is 1. The molecular formula is C8H4BrF3N2. The minimum Gasteiger partial charge on any atom is -0.278 e. The molecule has 0 fully saturated rings. The lowest BCUT2D eigenvalue weighted by atomic mass is 10.1. The molecule has 0 saturated carbocycles. The van der Waals surface area contributed by atoms with Crippen LogP contribution in [0.2, 0.25) is 0 Å². The van der Waals surface area contributed by atoms with Crippen LogP contribution >= 0.6 is 15.9 Å². The number of alkyl halides is 3. The number of aromatic nitrogens is 2. The van der Waals surface area contributed by atoms with E-state index in [0.29, 0.717) is 10.9 Å². The molecule has 0 aliphatic carbocycles. The Morgan fingerprint density at radius 1 is 1.29 bits per heavy atom. The van der Waals surface area contributed by atoms with Crippen LogP contribution in [0.15, 0.2) is 22.8 Å². The summed E-state index contributed by atoms with van der Waals surface area (Å²) >= 11 is 2.88. The van der Waals surface area contributed by atoms with Gasteiger partial charge in [-0.2, -0.15) is 18.3 Å². The summed E-state index contributed by atoms with van der Waals surface area (Å²) < 4.78 is 37.3. The van der Waals surface area contributed by atoms with E-state index in [1.165, 1.54) is 12.3 Å². The minimum atomic E-state index is -4.35. The summed E-state index contributed by atoms with van der Waals surface area (Å²) in [5, 5.41) is 6.78. The maximum absolute atomic E-state index is 12.4. The van der Waals surface area contributed by atoms with Crippen molar-refractivity contribution in [2.75, 3.05) is 0 Å². The van der Waals surface area contributed by atoms with Crippen molar-refractivity contribution in [3.63, 3.8) is 0 Å². The van der Waals surface area contributed by atoms with Gasteiger partial charge in [0.05, 0.1) is 17.3 Å². The van der Waals surface area contributed by atoms with Gasteiger partial charge in [0.15, 0.2) is 0 Å². The average molecular weight is 265 g/mol. The van der Waals surface area contributed by atoms with Gasteiger partial charge < -0.3 is 0 Å². The first kappa shape index (κ1) is 9.51. The Morgan fingerprint density at radius 3 is 2.64 bits per heavy atom. The van der Waals surface area contributed by atoms with Crippen LogP contribution in [-0.2, 0) is 6.18 Å². The Kier molecular flexibility index (Phi) is 2.02. The topological polar surface area (TPSA) is 28.7 Å². The molecular weight excluding hydrogens is 261 g/mol. The highest BCUT2D eigenvalue weighted by atomic mass is 79.9. The number of H-pyrrole nitrogens is 1. The molecule has 0 aliphatic heterocycles. The lowest BCUT2D eigenvalue weighted by Crippen LogP contribution is -2.05. The molecule has 2 rings (SSSR count). The van der Waals surface area contributed by atoms with Gasteiger partial charge in [-0.1, -0.05) is 15.9 Å². The molecule has 74 valence electrons. The molecule has 0 radical (unpaired) electrons. The Labute approximate surface area is 85.2 Å². The number of hydrogen-bond donors (Lipinski definition) is 1. The maximum Gasteiger partial charge on any atom is 0.417 e. The van der Waals surface area contributed by atoms with Gasteiger partial charge in [-0.05, 0) is 12.1 Å². The fourth-order valence-electron chi connectivity index (χ4n) is 1.18. The quantitative estimate of drug-likeness (QED) is 0.777. The van der Waals surface area contributed by atoms with Gasteiger partial charge in [0.25, 0.3) is 0 Å². The van der Waals surface area contributed by atoms with Gasteiger partial charge in [-0.3, -0.25) is 5.10 Å². The largest absolute Gasteiger partial charge is 0.417 e. The standard InChI is InChI=1S/C8H4BrF3N2/c9-6-1-4-3-13-14-7(4)2-5(6)8(10,11)12/h1-3H,(H,13,14). The molecule has 0 saturated heterocycles. The second-order valence-electron chi connectivity index (χ2n) is 2.79. The smallest absolute Gasteiger partial charge is 0.278 e. The number of halogens is 4. The number of nitrogens with one attached hydrogen (secondary N) is 1. The monoisotopic (exact) mass is 264 g/mol. The van der Waals surface area contributed by atoms with Gasteiger partial charge >= 0.3 is 6.18 Å². The van der Waals surface area contributed by atoms with Gasteiger partial charge in [-0.25, -0.2) is 0 Å². The molecule has 0 amide bonds. The third-order valence-corrected chi connectivity index (χ3v) is 2.49. The first-order valence-corrected chi connectivity index (χ1v) is 4.47. The van der Waals surface area contributed by atoms with Crippen molar-refractivity contribution in [2.45, 2.75) is 6.18 Å². The van der Waals surface area contributed by atoms with Gasteiger partial charge in [0.1, 0.15) is 0 Å². The summed E-state index contributed by atoms with van der Waals surface area (Å²) in [5.41, 5.74) is -0.324. The summed E-state index contributed by atoms with van der Waals surface area (Å²) in [5.74, 6) is 0. The molecule has 14 heavy (non-hydrogen) atoms. The number of fused-ring (bicyclic) bond motifs is 1. The van der Waals surface area contributed by atoms with E-state index in [9.17, 15) is 13.2 Å². The van der Waals surface area contributed by atoms with Crippen LogP contribution in [0.5, 0.6) is 0 Å². The second kappa shape index (κ2) is 2.98. The molecule has 6 heteroatoms. The summed E-state index contributed by atoms with van der Waals surface area (Å²) in [6.07, 6.45) is -2.88. The van der Waals surface area contributed by atoms with E-state index in [2.05, 4.69) is 26.1 Å². The molecule has 1 aromatic carbocycles. The molecule has 1 N–H and O–H groups in total. The highest BCUT2D eigenvalue weighted by molar-refractivity contribution is 9.10. The first-order valence-electron chi connectivity index (χ1n) is 3.68. The van der Waals surface area contributed by atoms with Crippen LogP contribution in [0.1, 0.15) is 5.56 Å². The van der Waals surface area contributed by atoms with E-state index in [1.807, 2.05) is 0 Å². The van der Waals surface area contributed by atoms with E-state index in [4.69, 9.17) is 0 Å². The fraction of sp³-hybridized carbons (Fsp3) is 0.125. The molecule has 0 unspecified atom stereocenters. The van der Waals surface area contributed by atoms with Gasteiger partial charge in [0.2, 0.25) is 0 Å². The summed E-state index contributed by atoms with van der Waals surface area (Å²) in [6, 6.07) is 2.42. The van der Waals surface area contributed by atoms with Crippen molar-refractivity contribution in [3.05, 3.63) is 28.4 Å². The number of benzene rings is 1. The molecule has 0 spiro atoms. The van der Waals surface area contributed by atoms with Crippen molar-refractivity contribution < 1.29 is 13.2 Å². The van der Waals surface area contributed by atoms with E-state index in [-0.39, 0.29) is 4.47 Å². The zero-order valence-corrected chi connectivity index (χ0v) is 8.28. The van der Waals surface area contributed by atoms with Crippen molar-refractivity contribution in [3.8, 4) is 0 Å². The van der Waals surface area contributed by atoms with Crippen molar-refractivity contribution in [1.82, 2.24) is 10.2 Å². The Balaban J connectivity index is 2.71. The van der Waals surface area contributed by atoms with Crippen LogP contribution in [0.25, 0.3) is 10.9 Å². The average Bonchev–Trinajstić information content (AvgIpc) is 2.47. The van der Waals surface area contributed by atoms with Crippen LogP contribution in [0.4, 0.5) is 13.2 Å². The fourth-order valence-corrected chi connectivity index (χ4v) is 1.77. The highest BCUT2D eigenvalue weighted by Crippen LogP contribution is 2.36. The predicted molar refractivity (Wildman–Crippen MR) is 48.8 cm³/mol. The Morgan fingerprint density at radius 2 is 2.00 bits per heavy atom. The zero-order chi connectivity index (χ0) is 10.3. The Hall–Kier alpha value is -1.04. The lowest BCUT2D eigenvalue weighted by Gasteiger charge is -2.08. The summed E-state index contributed by atoms with van der Waals surface area (Å²) in [4.78, 5) is 0. The van der Waals surface area contributed by atoms with Crippen molar-refractivity contribution >= 4 is 26.8 Å². The predicted octanol–water partition coefficient (Wildman–Crippen LogP) is 3.34. The van der Waals surface area contributed by atoms with Gasteiger partial charge in [-0.15, -0.1) is 0 Å². The third-order valence-electron chi connectivity index (χ3n) is 1.83. The molecule has 0 bridgehead atoms. The van der Waals surface area contributed by atoms with Crippen LogP contribution in [-0.4, -0.2) is 10.2 Å². The van der Waals surface area contributed by atoms with Crippen LogP contribution in [0.3, 0.4) is 0 Å². The van der Waals surface area contributed by atoms with E-state index in [1.54, 1.807) is 0 Å². The van der Waals surface area contributed by atoms with Crippen LogP contribution < -0.4 is 0 Å². The third kappa shape index (κ3) is 1.50. The van der Waals surface area contributed by atoms with E-state index in [0.717, 1.165) is 6.07 Å². The maximum atomic E-state index is 12.4. The molecule has 2 aromatic rings. The number of hydrogen-bond acceptors (Lipinski definition) is 1.